The van der Waals surface area contributed by atoms with Gasteiger partial charge in [0.25, 0.3) is 15.9 Å². The number of alkyl halides is 2. The van der Waals surface area contributed by atoms with E-state index < -0.39 is 40.5 Å². The molecule has 7 nitrogen and oxygen atoms in total. The molecule has 0 bridgehead atoms. The highest BCUT2D eigenvalue weighted by Gasteiger charge is 2.49. The average molecular weight is 362 g/mol. The van der Waals surface area contributed by atoms with Crippen molar-refractivity contribution in [3.8, 4) is 0 Å². The number of aliphatic hydroxyl groups excluding tert-OH is 1. The normalized spacial score (nSPS) is 25.3. The highest BCUT2D eigenvalue weighted by Crippen LogP contribution is 2.35. The second kappa shape index (κ2) is 5.94. The summed E-state index contributed by atoms with van der Waals surface area (Å²) in [7, 11) is -4.16. The van der Waals surface area contributed by atoms with E-state index in [0.717, 1.165) is 5.56 Å². The van der Waals surface area contributed by atoms with E-state index in [1.165, 1.54) is 12.1 Å². The van der Waals surface area contributed by atoms with Crippen molar-refractivity contribution in [2.45, 2.75) is 49.0 Å². The lowest BCUT2D eigenvalue weighted by molar-refractivity contribution is -0.0909. The fourth-order valence-electron chi connectivity index (χ4n) is 2.79. The molecule has 1 fully saturated rings. The lowest BCUT2D eigenvalue weighted by Crippen LogP contribution is -2.49. The average Bonchev–Trinajstić information content (AvgIpc) is 3.06. The minimum absolute atomic E-state index is 0.126. The maximum Gasteiger partial charge on any atom is 0.329 e. The summed E-state index contributed by atoms with van der Waals surface area (Å²) in [6.07, 6.45) is -2.75. The number of urea groups is 1. The van der Waals surface area contributed by atoms with Crippen molar-refractivity contribution in [2.24, 2.45) is 0 Å². The number of ether oxygens (including phenoxy) is 1. The van der Waals surface area contributed by atoms with Crippen molar-refractivity contribution in [2.75, 3.05) is 0 Å². The third kappa shape index (κ3) is 3.21. The summed E-state index contributed by atoms with van der Waals surface area (Å²) in [4.78, 5) is 11.7. The van der Waals surface area contributed by atoms with Gasteiger partial charge < -0.3 is 15.2 Å². The standard InChI is InChI=1S/C14H16F2N2O5S/c15-14(16)4-3-11(12(14)19)17-13(20)18-24(21,22)10-2-1-8-6-23-7-9(8)5-10/h1-2,5,11-12,19H,3-4,6-7H2,(H2,17,18,20)/t11-,12+/m0/s1. The van der Waals surface area contributed by atoms with Gasteiger partial charge in [0.2, 0.25) is 0 Å². The number of carbonyl (C=O) groups is 1. The molecule has 24 heavy (non-hydrogen) atoms. The van der Waals surface area contributed by atoms with Gasteiger partial charge in [0.15, 0.2) is 0 Å². The summed E-state index contributed by atoms with van der Waals surface area (Å²) in [6.45, 7) is 0.686. The number of halogens is 2. The first-order chi connectivity index (χ1) is 11.2. The quantitative estimate of drug-likeness (QED) is 0.740. The summed E-state index contributed by atoms with van der Waals surface area (Å²) < 4.78 is 57.8. The summed E-state index contributed by atoms with van der Waals surface area (Å²) in [5.74, 6) is -3.29. The van der Waals surface area contributed by atoms with Crippen molar-refractivity contribution >= 4 is 16.1 Å². The number of amides is 2. The third-order valence-electron chi connectivity index (χ3n) is 4.15. The van der Waals surface area contributed by atoms with Gasteiger partial charge >= 0.3 is 6.03 Å². The molecular formula is C14H16F2N2O5S. The van der Waals surface area contributed by atoms with Gasteiger partial charge in [-0.3, -0.25) is 0 Å². The molecule has 3 N–H and O–H groups in total. The van der Waals surface area contributed by atoms with Crippen LogP contribution in [-0.4, -0.2) is 37.6 Å². The molecule has 132 valence electrons. The number of rotatable bonds is 3. The summed E-state index contributed by atoms with van der Waals surface area (Å²) in [5, 5.41) is 11.5. The van der Waals surface area contributed by atoms with Crippen LogP contribution in [0.4, 0.5) is 13.6 Å². The molecule has 3 rings (SSSR count). The predicted molar refractivity (Wildman–Crippen MR) is 77.8 cm³/mol. The highest BCUT2D eigenvalue weighted by molar-refractivity contribution is 7.90. The van der Waals surface area contributed by atoms with E-state index in [-0.39, 0.29) is 17.9 Å². The number of nitrogens with one attached hydrogen (secondary N) is 2. The molecule has 2 amide bonds. The smallest absolute Gasteiger partial charge is 0.329 e. The van der Waals surface area contributed by atoms with E-state index in [0.29, 0.717) is 12.2 Å². The Morgan fingerprint density at radius 2 is 2.00 bits per heavy atom. The van der Waals surface area contributed by atoms with E-state index in [1.54, 1.807) is 10.8 Å². The van der Waals surface area contributed by atoms with Crippen LogP contribution in [-0.2, 0) is 28.0 Å². The largest absolute Gasteiger partial charge is 0.385 e. The molecule has 0 radical (unpaired) electrons. The summed E-state index contributed by atoms with van der Waals surface area (Å²) in [6, 6.07) is 1.96. The molecule has 0 saturated heterocycles. The molecule has 1 aliphatic heterocycles. The number of hydrogen-bond acceptors (Lipinski definition) is 5. The molecule has 1 aliphatic carbocycles. The fraction of sp³-hybridized carbons (Fsp3) is 0.500. The molecule has 1 heterocycles. The number of aliphatic hydroxyl groups is 1. The van der Waals surface area contributed by atoms with Gasteiger partial charge in [0.1, 0.15) is 6.10 Å². The maximum atomic E-state index is 13.2. The minimum atomic E-state index is -4.16. The van der Waals surface area contributed by atoms with Gasteiger partial charge in [-0.1, -0.05) is 6.07 Å². The second-order valence-corrected chi connectivity index (χ2v) is 7.54. The van der Waals surface area contributed by atoms with Crippen LogP contribution in [0.15, 0.2) is 23.1 Å². The Hall–Kier alpha value is -1.78. The number of sulfonamides is 1. The van der Waals surface area contributed by atoms with Crippen molar-refractivity contribution < 1.29 is 31.8 Å². The number of carbonyl (C=O) groups excluding carboxylic acids is 1. The molecule has 1 aromatic carbocycles. The molecule has 0 spiro atoms. The van der Waals surface area contributed by atoms with Crippen LogP contribution < -0.4 is 10.0 Å². The lowest BCUT2D eigenvalue weighted by Gasteiger charge is -2.20. The van der Waals surface area contributed by atoms with Gasteiger partial charge in [-0.15, -0.1) is 0 Å². The zero-order valence-corrected chi connectivity index (χ0v) is 13.3. The van der Waals surface area contributed by atoms with Crippen LogP contribution in [0, 0.1) is 0 Å². The minimum Gasteiger partial charge on any atom is -0.385 e. The Bertz CT molecular complexity index is 768. The van der Waals surface area contributed by atoms with E-state index in [1.807, 2.05) is 0 Å². The first-order valence-electron chi connectivity index (χ1n) is 7.28. The zero-order chi connectivity index (χ0) is 17.5. The van der Waals surface area contributed by atoms with Crippen molar-refractivity contribution in [3.05, 3.63) is 29.3 Å². The van der Waals surface area contributed by atoms with E-state index in [2.05, 4.69) is 5.32 Å². The molecule has 0 unspecified atom stereocenters. The zero-order valence-electron chi connectivity index (χ0n) is 12.5. The van der Waals surface area contributed by atoms with Crippen molar-refractivity contribution in [3.63, 3.8) is 0 Å². The monoisotopic (exact) mass is 362 g/mol. The van der Waals surface area contributed by atoms with Gasteiger partial charge in [-0.05, 0) is 29.7 Å². The summed E-state index contributed by atoms with van der Waals surface area (Å²) in [5.41, 5.74) is 1.58. The maximum absolute atomic E-state index is 13.2. The Morgan fingerprint density at radius 1 is 1.29 bits per heavy atom. The SMILES string of the molecule is O=C(N[C@H]1CCC(F)(F)[C@@H]1O)NS(=O)(=O)c1ccc2c(c1)COC2. The van der Waals surface area contributed by atoms with Gasteiger partial charge in [-0.2, -0.15) is 0 Å². The van der Waals surface area contributed by atoms with Crippen LogP contribution >= 0.6 is 0 Å². The van der Waals surface area contributed by atoms with Gasteiger partial charge in [-0.25, -0.2) is 26.7 Å². The molecule has 2 aliphatic rings. The fourth-order valence-corrected chi connectivity index (χ4v) is 3.76. The number of fused-ring (bicyclic) bond motifs is 1. The Labute approximate surface area is 137 Å². The molecule has 1 aromatic rings. The Kier molecular flexibility index (Phi) is 4.22. The van der Waals surface area contributed by atoms with Crippen LogP contribution in [0.3, 0.4) is 0 Å². The third-order valence-corrected chi connectivity index (χ3v) is 5.48. The van der Waals surface area contributed by atoms with E-state index in [4.69, 9.17) is 4.74 Å². The molecular weight excluding hydrogens is 346 g/mol. The number of benzene rings is 1. The van der Waals surface area contributed by atoms with Crippen LogP contribution in [0.5, 0.6) is 0 Å². The molecule has 10 heteroatoms. The van der Waals surface area contributed by atoms with Crippen molar-refractivity contribution in [1.29, 1.82) is 0 Å². The number of hydrogen-bond donors (Lipinski definition) is 3. The van der Waals surface area contributed by atoms with Crippen LogP contribution in [0.1, 0.15) is 24.0 Å². The van der Waals surface area contributed by atoms with Crippen molar-refractivity contribution in [1.82, 2.24) is 10.0 Å². The van der Waals surface area contributed by atoms with Crippen LogP contribution in [0.2, 0.25) is 0 Å². The summed E-state index contributed by atoms with van der Waals surface area (Å²) >= 11 is 0. The predicted octanol–water partition coefficient (Wildman–Crippen LogP) is 0.863. The lowest BCUT2D eigenvalue weighted by atomic mass is 10.1. The Morgan fingerprint density at radius 3 is 2.67 bits per heavy atom. The van der Waals surface area contributed by atoms with E-state index >= 15 is 0 Å². The van der Waals surface area contributed by atoms with Gasteiger partial charge in [0.05, 0.1) is 24.2 Å². The topological polar surface area (TPSA) is 105 Å². The first kappa shape index (κ1) is 17.1. The molecule has 2 atom stereocenters. The highest BCUT2D eigenvalue weighted by atomic mass is 32.2. The van der Waals surface area contributed by atoms with E-state index in [9.17, 15) is 27.1 Å². The van der Waals surface area contributed by atoms with Gasteiger partial charge in [0, 0.05) is 6.42 Å². The molecule has 1 saturated carbocycles. The first-order valence-corrected chi connectivity index (χ1v) is 8.76. The molecule has 0 aromatic heterocycles. The second-order valence-electron chi connectivity index (χ2n) is 5.85. The van der Waals surface area contributed by atoms with Crippen LogP contribution in [0.25, 0.3) is 0 Å². The Balaban J connectivity index is 1.67.